The maximum Gasteiger partial charge on any atom is 0.0554 e. The van der Waals surface area contributed by atoms with E-state index in [1.807, 2.05) is 7.05 Å². The Morgan fingerprint density at radius 3 is 2.80 bits per heavy atom. The van der Waals surface area contributed by atoms with E-state index in [2.05, 4.69) is 42.5 Å². The van der Waals surface area contributed by atoms with Crippen LogP contribution in [0.4, 0.5) is 5.69 Å². The van der Waals surface area contributed by atoms with Crippen molar-refractivity contribution in [2.24, 2.45) is 0 Å². The van der Waals surface area contributed by atoms with Crippen molar-refractivity contribution < 1.29 is 0 Å². The fourth-order valence-corrected chi connectivity index (χ4v) is 2.42. The van der Waals surface area contributed by atoms with Crippen molar-refractivity contribution in [3.8, 4) is 0 Å². The van der Waals surface area contributed by atoms with Crippen molar-refractivity contribution in [1.29, 1.82) is 0 Å². The lowest BCUT2D eigenvalue weighted by atomic mass is 9.91. The molecule has 0 amide bonds. The summed E-state index contributed by atoms with van der Waals surface area (Å²) in [6.07, 6.45) is 2.47. The highest BCUT2D eigenvalue weighted by molar-refractivity contribution is 5.58. The summed E-state index contributed by atoms with van der Waals surface area (Å²) < 4.78 is 0. The Morgan fingerprint density at radius 1 is 1.33 bits per heavy atom. The van der Waals surface area contributed by atoms with Crippen LogP contribution < -0.4 is 10.4 Å². The minimum absolute atomic E-state index is 0.622. The molecule has 1 N–H and O–H groups in total. The van der Waals surface area contributed by atoms with Gasteiger partial charge in [-0.15, -0.1) is 0 Å². The van der Waals surface area contributed by atoms with Crippen LogP contribution in [0, 0.1) is 0 Å². The zero-order valence-corrected chi connectivity index (χ0v) is 9.88. The van der Waals surface area contributed by atoms with Crippen LogP contribution in [0.25, 0.3) is 0 Å². The van der Waals surface area contributed by atoms with E-state index in [9.17, 15) is 0 Å². The van der Waals surface area contributed by atoms with Gasteiger partial charge in [-0.1, -0.05) is 26.0 Å². The molecule has 1 aliphatic rings. The van der Waals surface area contributed by atoms with Crippen molar-refractivity contribution in [2.75, 3.05) is 18.6 Å². The zero-order valence-electron chi connectivity index (χ0n) is 9.88. The van der Waals surface area contributed by atoms with Gasteiger partial charge in [0.05, 0.1) is 5.69 Å². The molecule has 0 atom stereocenters. The van der Waals surface area contributed by atoms with Gasteiger partial charge in [-0.2, -0.15) is 0 Å². The first-order valence-electron chi connectivity index (χ1n) is 5.80. The minimum atomic E-state index is 0.622. The summed E-state index contributed by atoms with van der Waals surface area (Å²) in [5.41, 5.74) is 7.67. The highest BCUT2D eigenvalue weighted by Crippen LogP contribution is 2.32. The largest absolute Gasteiger partial charge is 0.308 e. The summed E-state index contributed by atoms with van der Waals surface area (Å²) in [6.45, 7) is 5.66. The number of hydrogen-bond donors (Lipinski definition) is 1. The molecule has 0 fully saturated rings. The van der Waals surface area contributed by atoms with Gasteiger partial charge in [0, 0.05) is 13.6 Å². The molecule has 0 saturated carbocycles. The quantitative estimate of drug-likeness (QED) is 0.797. The standard InChI is InChI=1S/C13H20N2/c1-10(2)11-6-4-8-13-12(11)7-5-9-15(13)14-3/h4,6,8,10,14H,5,7,9H2,1-3H3. The van der Waals surface area contributed by atoms with Crippen molar-refractivity contribution in [3.05, 3.63) is 29.3 Å². The van der Waals surface area contributed by atoms with Crippen LogP contribution in [0.1, 0.15) is 37.3 Å². The second-order valence-electron chi connectivity index (χ2n) is 4.48. The monoisotopic (exact) mass is 204 g/mol. The van der Waals surface area contributed by atoms with Gasteiger partial charge in [0.15, 0.2) is 0 Å². The third kappa shape index (κ3) is 1.86. The third-order valence-corrected chi connectivity index (χ3v) is 3.18. The molecule has 0 saturated heterocycles. The van der Waals surface area contributed by atoms with E-state index in [0.717, 1.165) is 6.54 Å². The Bertz CT molecular complexity index is 344. The van der Waals surface area contributed by atoms with Crippen molar-refractivity contribution in [2.45, 2.75) is 32.6 Å². The summed E-state index contributed by atoms with van der Waals surface area (Å²) >= 11 is 0. The maximum absolute atomic E-state index is 3.26. The molecule has 0 bridgehead atoms. The van der Waals surface area contributed by atoms with Gasteiger partial charge in [-0.25, -0.2) is 5.43 Å². The molecule has 1 aromatic carbocycles. The van der Waals surface area contributed by atoms with Gasteiger partial charge in [0.1, 0.15) is 0 Å². The highest BCUT2D eigenvalue weighted by atomic mass is 15.5. The first-order valence-corrected chi connectivity index (χ1v) is 5.80. The minimum Gasteiger partial charge on any atom is -0.308 e. The molecular weight excluding hydrogens is 184 g/mol. The van der Waals surface area contributed by atoms with Crippen LogP contribution in [0.2, 0.25) is 0 Å². The summed E-state index contributed by atoms with van der Waals surface area (Å²) in [7, 11) is 2.00. The average Bonchev–Trinajstić information content (AvgIpc) is 2.27. The van der Waals surface area contributed by atoms with Crippen LogP contribution >= 0.6 is 0 Å². The second-order valence-corrected chi connectivity index (χ2v) is 4.48. The lowest BCUT2D eigenvalue weighted by Crippen LogP contribution is -2.39. The number of nitrogens with one attached hydrogen (secondary N) is 1. The molecule has 2 heteroatoms. The Hall–Kier alpha value is -1.02. The molecule has 0 radical (unpaired) electrons. The van der Waals surface area contributed by atoms with Gasteiger partial charge >= 0.3 is 0 Å². The predicted molar refractivity (Wildman–Crippen MR) is 65.3 cm³/mol. The number of benzene rings is 1. The van der Waals surface area contributed by atoms with Crippen LogP contribution in [0.15, 0.2) is 18.2 Å². The van der Waals surface area contributed by atoms with E-state index < -0.39 is 0 Å². The number of fused-ring (bicyclic) bond motifs is 1. The highest BCUT2D eigenvalue weighted by Gasteiger charge is 2.19. The van der Waals surface area contributed by atoms with Crippen molar-refractivity contribution in [1.82, 2.24) is 5.43 Å². The fourth-order valence-electron chi connectivity index (χ4n) is 2.42. The third-order valence-electron chi connectivity index (χ3n) is 3.18. The van der Waals surface area contributed by atoms with Gasteiger partial charge in [-0.3, -0.25) is 0 Å². The predicted octanol–water partition coefficient (Wildman–Crippen LogP) is 2.70. The maximum atomic E-state index is 3.26. The number of hydrogen-bond acceptors (Lipinski definition) is 2. The molecule has 0 aliphatic carbocycles. The molecule has 2 nitrogen and oxygen atoms in total. The topological polar surface area (TPSA) is 15.3 Å². The molecule has 2 rings (SSSR count). The van der Waals surface area contributed by atoms with E-state index in [0.29, 0.717) is 5.92 Å². The van der Waals surface area contributed by atoms with Crippen LogP contribution in [0.3, 0.4) is 0 Å². The van der Waals surface area contributed by atoms with E-state index in [-0.39, 0.29) is 0 Å². The van der Waals surface area contributed by atoms with Gasteiger partial charge in [0.25, 0.3) is 0 Å². The lowest BCUT2D eigenvalue weighted by Gasteiger charge is -2.32. The number of anilines is 1. The van der Waals surface area contributed by atoms with E-state index in [4.69, 9.17) is 0 Å². The van der Waals surface area contributed by atoms with Gasteiger partial charge < -0.3 is 5.01 Å². The van der Waals surface area contributed by atoms with Crippen LogP contribution in [-0.4, -0.2) is 13.6 Å². The summed E-state index contributed by atoms with van der Waals surface area (Å²) in [4.78, 5) is 0. The number of hydrazine groups is 1. The Morgan fingerprint density at radius 2 is 2.13 bits per heavy atom. The first kappa shape index (κ1) is 10.5. The second kappa shape index (κ2) is 4.23. The molecule has 0 spiro atoms. The molecule has 1 aliphatic heterocycles. The number of nitrogens with zero attached hydrogens (tertiary/aromatic N) is 1. The molecule has 1 heterocycles. The molecule has 0 aromatic heterocycles. The van der Waals surface area contributed by atoms with Gasteiger partial charge in [-0.05, 0) is 36.0 Å². The molecule has 1 aromatic rings. The van der Waals surface area contributed by atoms with Crippen molar-refractivity contribution >= 4 is 5.69 Å². The van der Waals surface area contributed by atoms with Crippen LogP contribution in [-0.2, 0) is 6.42 Å². The van der Waals surface area contributed by atoms with Crippen molar-refractivity contribution in [3.63, 3.8) is 0 Å². The SMILES string of the molecule is CNN1CCCc2c(C(C)C)cccc21. The van der Waals surface area contributed by atoms with Gasteiger partial charge in [0.2, 0.25) is 0 Å². The molecule has 0 unspecified atom stereocenters. The van der Waals surface area contributed by atoms with E-state index in [1.165, 1.54) is 29.7 Å². The summed E-state index contributed by atoms with van der Waals surface area (Å²) in [5.74, 6) is 0.622. The summed E-state index contributed by atoms with van der Waals surface area (Å²) in [6, 6.07) is 6.66. The first-order chi connectivity index (χ1) is 7.24. The Balaban J connectivity index is 2.46. The molecular formula is C13H20N2. The summed E-state index contributed by atoms with van der Waals surface area (Å²) in [5, 5.41) is 2.25. The Kier molecular flexibility index (Phi) is 2.96. The smallest absolute Gasteiger partial charge is 0.0554 e. The fraction of sp³-hybridized carbons (Fsp3) is 0.538. The van der Waals surface area contributed by atoms with E-state index >= 15 is 0 Å². The van der Waals surface area contributed by atoms with E-state index in [1.54, 1.807) is 0 Å². The lowest BCUT2D eigenvalue weighted by molar-refractivity contribution is 0.627. The average molecular weight is 204 g/mol. The normalized spacial score (nSPS) is 15.6. The number of rotatable bonds is 2. The zero-order chi connectivity index (χ0) is 10.8. The molecule has 82 valence electrons. The van der Waals surface area contributed by atoms with Crippen LogP contribution in [0.5, 0.6) is 0 Å². The Labute approximate surface area is 92.3 Å². The molecule has 15 heavy (non-hydrogen) atoms.